The summed E-state index contributed by atoms with van der Waals surface area (Å²) in [7, 11) is 0. The number of anilines is 1. The van der Waals surface area contributed by atoms with Gasteiger partial charge in [0.15, 0.2) is 0 Å². The first-order chi connectivity index (χ1) is 8.22. The van der Waals surface area contributed by atoms with Gasteiger partial charge in [0.2, 0.25) is 0 Å². The standard InChI is InChI=1S/C14H14N2S/c1-10-4-3-5-13(12(10)8-15)16-9-14-11(2)6-7-17-14/h3-7,16H,9H2,1-2H3. The number of nitrogens with one attached hydrogen (secondary N) is 1. The average Bonchev–Trinajstić information content (AvgIpc) is 2.72. The molecule has 0 spiro atoms. The van der Waals surface area contributed by atoms with Crippen LogP contribution in [0, 0.1) is 25.2 Å². The van der Waals surface area contributed by atoms with Crippen molar-refractivity contribution < 1.29 is 0 Å². The molecule has 17 heavy (non-hydrogen) atoms. The zero-order chi connectivity index (χ0) is 12.3. The van der Waals surface area contributed by atoms with E-state index in [9.17, 15) is 0 Å². The first-order valence-electron chi connectivity index (χ1n) is 5.49. The number of benzene rings is 1. The van der Waals surface area contributed by atoms with Crippen LogP contribution in [-0.4, -0.2) is 0 Å². The summed E-state index contributed by atoms with van der Waals surface area (Å²) in [4.78, 5) is 1.32. The molecule has 0 fully saturated rings. The molecule has 86 valence electrons. The van der Waals surface area contributed by atoms with E-state index in [1.165, 1.54) is 10.4 Å². The van der Waals surface area contributed by atoms with Crippen LogP contribution in [0.4, 0.5) is 5.69 Å². The van der Waals surface area contributed by atoms with E-state index >= 15 is 0 Å². The third-order valence-corrected chi connectivity index (χ3v) is 3.82. The lowest BCUT2D eigenvalue weighted by atomic mass is 10.1. The number of nitrogens with zero attached hydrogens (tertiary/aromatic N) is 1. The Morgan fingerprint density at radius 1 is 1.24 bits per heavy atom. The van der Waals surface area contributed by atoms with Crippen molar-refractivity contribution in [3.63, 3.8) is 0 Å². The van der Waals surface area contributed by atoms with Gasteiger partial charge in [0.1, 0.15) is 6.07 Å². The van der Waals surface area contributed by atoms with Crippen molar-refractivity contribution in [2.24, 2.45) is 0 Å². The molecule has 0 bridgehead atoms. The van der Waals surface area contributed by atoms with E-state index in [2.05, 4.69) is 29.8 Å². The van der Waals surface area contributed by atoms with Gasteiger partial charge in [-0.25, -0.2) is 0 Å². The van der Waals surface area contributed by atoms with Crippen LogP contribution in [-0.2, 0) is 6.54 Å². The normalized spacial score (nSPS) is 9.94. The molecule has 2 nitrogen and oxygen atoms in total. The Morgan fingerprint density at radius 3 is 2.71 bits per heavy atom. The summed E-state index contributed by atoms with van der Waals surface area (Å²) in [5, 5.41) is 14.6. The van der Waals surface area contributed by atoms with E-state index in [0.29, 0.717) is 0 Å². The van der Waals surface area contributed by atoms with Gasteiger partial charge in [-0.1, -0.05) is 12.1 Å². The lowest BCUT2D eigenvalue weighted by Gasteiger charge is -2.09. The van der Waals surface area contributed by atoms with E-state index in [0.717, 1.165) is 23.4 Å². The molecular formula is C14H14N2S. The van der Waals surface area contributed by atoms with E-state index in [4.69, 9.17) is 5.26 Å². The molecule has 1 N–H and O–H groups in total. The van der Waals surface area contributed by atoms with E-state index < -0.39 is 0 Å². The SMILES string of the molecule is Cc1ccsc1CNc1cccc(C)c1C#N. The molecule has 0 aliphatic rings. The molecule has 3 heteroatoms. The Hall–Kier alpha value is -1.79. The second-order valence-corrected chi connectivity index (χ2v) is 4.99. The highest BCUT2D eigenvalue weighted by Gasteiger charge is 2.05. The maximum absolute atomic E-state index is 9.12. The number of hydrogen-bond acceptors (Lipinski definition) is 3. The Labute approximate surface area is 106 Å². The molecule has 2 rings (SSSR count). The van der Waals surface area contributed by atoms with Gasteiger partial charge in [-0.15, -0.1) is 11.3 Å². The van der Waals surface area contributed by atoms with Crippen LogP contribution in [0.1, 0.15) is 21.6 Å². The lowest BCUT2D eigenvalue weighted by Crippen LogP contribution is -2.01. The van der Waals surface area contributed by atoms with Gasteiger partial charge in [0.25, 0.3) is 0 Å². The zero-order valence-electron chi connectivity index (χ0n) is 9.95. The van der Waals surface area contributed by atoms with E-state index in [-0.39, 0.29) is 0 Å². The number of thiophene rings is 1. The van der Waals surface area contributed by atoms with Crippen molar-refractivity contribution in [2.75, 3.05) is 5.32 Å². The first-order valence-corrected chi connectivity index (χ1v) is 6.37. The van der Waals surface area contributed by atoms with Gasteiger partial charge in [0.05, 0.1) is 11.3 Å². The van der Waals surface area contributed by atoms with Crippen LogP contribution in [0.15, 0.2) is 29.6 Å². The Morgan fingerprint density at radius 2 is 2.06 bits per heavy atom. The quantitative estimate of drug-likeness (QED) is 0.887. The van der Waals surface area contributed by atoms with Gasteiger partial charge in [-0.2, -0.15) is 5.26 Å². The van der Waals surface area contributed by atoms with Gasteiger partial charge >= 0.3 is 0 Å². The maximum Gasteiger partial charge on any atom is 0.102 e. The van der Waals surface area contributed by atoms with Crippen LogP contribution in [0.5, 0.6) is 0 Å². The fourth-order valence-corrected chi connectivity index (χ4v) is 2.57. The maximum atomic E-state index is 9.12. The minimum Gasteiger partial charge on any atom is -0.379 e. The van der Waals surface area contributed by atoms with Crippen LogP contribution < -0.4 is 5.32 Å². The summed E-state index contributed by atoms with van der Waals surface area (Å²) in [5.74, 6) is 0. The van der Waals surface area contributed by atoms with E-state index in [1.54, 1.807) is 11.3 Å². The number of rotatable bonds is 3. The summed E-state index contributed by atoms with van der Waals surface area (Å²) < 4.78 is 0. The molecule has 0 amide bonds. The number of hydrogen-bond donors (Lipinski definition) is 1. The van der Waals surface area contributed by atoms with Crippen LogP contribution in [0.3, 0.4) is 0 Å². The molecule has 2 aromatic rings. The molecule has 0 aliphatic carbocycles. The molecule has 0 unspecified atom stereocenters. The zero-order valence-corrected chi connectivity index (χ0v) is 10.8. The van der Waals surface area contributed by atoms with Gasteiger partial charge in [-0.3, -0.25) is 0 Å². The summed E-state index contributed by atoms with van der Waals surface area (Å²) in [6.07, 6.45) is 0. The Kier molecular flexibility index (Phi) is 3.46. The van der Waals surface area contributed by atoms with Crippen molar-refractivity contribution in [1.29, 1.82) is 5.26 Å². The van der Waals surface area contributed by atoms with Gasteiger partial charge in [-0.05, 0) is 42.5 Å². The average molecular weight is 242 g/mol. The third kappa shape index (κ3) is 2.48. The van der Waals surface area contributed by atoms with Crippen LogP contribution in [0.25, 0.3) is 0 Å². The predicted octanol–water partition coefficient (Wildman–Crippen LogP) is 3.85. The minimum atomic E-state index is 0.738. The van der Waals surface area contributed by atoms with Gasteiger partial charge < -0.3 is 5.32 Å². The van der Waals surface area contributed by atoms with Crippen molar-refractivity contribution in [1.82, 2.24) is 0 Å². The minimum absolute atomic E-state index is 0.738. The molecule has 1 heterocycles. The van der Waals surface area contributed by atoms with Gasteiger partial charge in [0, 0.05) is 11.4 Å². The van der Waals surface area contributed by atoms with Crippen molar-refractivity contribution in [3.8, 4) is 6.07 Å². The number of nitriles is 1. The van der Waals surface area contributed by atoms with Crippen molar-refractivity contribution in [2.45, 2.75) is 20.4 Å². The molecule has 0 atom stereocenters. The lowest BCUT2D eigenvalue weighted by molar-refractivity contribution is 1.16. The van der Waals surface area contributed by atoms with Crippen LogP contribution in [0.2, 0.25) is 0 Å². The monoisotopic (exact) mass is 242 g/mol. The second kappa shape index (κ2) is 5.03. The Balaban J connectivity index is 2.18. The molecule has 1 aromatic carbocycles. The molecule has 0 saturated carbocycles. The first kappa shape index (κ1) is 11.7. The summed E-state index contributed by atoms with van der Waals surface area (Å²) in [5.41, 5.74) is 3.97. The molecular weight excluding hydrogens is 228 g/mol. The number of aryl methyl sites for hydroxylation is 2. The largest absolute Gasteiger partial charge is 0.379 e. The highest BCUT2D eigenvalue weighted by atomic mass is 32.1. The highest BCUT2D eigenvalue weighted by molar-refractivity contribution is 7.10. The molecule has 1 aromatic heterocycles. The predicted molar refractivity (Wildman–Crippen MR) is 72.3 cm³/mol. The topological polar surface area (TPSA) is 35.8 Å². The third-order valence-electron chi connectivity index (χ3n) is 2.79. The van der Waals surface area contributed by atoms with Crippen molar-refractivity contribution in [3.05, 3.63) is 51.2 Å². The van der Waals surface area contributed by atoms with Crippen LogP contribution >= 0.6 is 11.3 Å². The molecule has 0 aliphatic heterocycles. The fraction of sp³-hybridized carbons (Fsp3) is 0.214. The smallest absolute Gasteiger partial charge is 0.102 e. The molecule has 0 saturated heterocycles. The van der Waals surface area contributed by atoms with Crippen molar-refractivity contribution >= 4 is 17.0 Å². The second-order valence-electron chi connectivity index (χ2n) is 3.99. The summed E-state index contributed by atoms with van der Waals surface area (Å²) in [6.45, 7) is 4.84. The molecule has 0 radical (unpaired) electrons. The highest BCUT2D eigenvalue weighted by Crippen LogP contribution is 2.21. The summed E-state index contributed by atoms with van der Waals surface area (Å²) in [6, 6.07) is 10.2. The Bertz CT molecular complexity index is 564. The van der Waals surface area contributed by atoms with E-state index in [1.807, 2.05) is 25.1 Å². The summed E-state index contributed by atoms with van der Waals surface area (Å²) >= 11 is 1.74. The fourth-order valence-electron chi connectivity index (χ4n) is 1.72.